The number of carbonyl (C=O) groups excluding carboxylic acids is 1. The molecule has 1 N–H and O–H groups in total. The van der Waals surface area contributed by atoms with E-state index in [0.717, 1.165) is 17.1 Å². The van der Waals surface area contributed by atoms with Crippen molar-refractivity contribution in [2.45, 2.75) is 19.8 Å². The normalized spacial score (nSPS) is 10.3. The minimum absolute atomic E-state index is 0.192. The largest absolute Gasteiger partial charge is 0.342 e. The minimum Gasteiger partial charge on any atom is -0.342 e. The lowest BCUT2D eigenvalue weighted by atomic mass is 10.2. The molecule has 0 unspecified atom stereocenters. The number of carbonyl (C=O) groups is 1. The van der Waals surface area contributed by atoms with Crippen LogP contribution in [-0.4, -0.2) is 15.8 Å². The average molecular weight is 214 g/mol. The molecule has 0 bridgehead atoms. The van der Waals surface area contributed by atoms with Crippen LogP contribution in [0.2, 0.25) is 0 Å². The van der Waals surface area contributed by atoms with Crippen molar-refractivity contribution in [3.63, 3.8) is 0 Å². The fourth-order valence-corrected chi connectivity index (χ4v) is 1.55. The van der Waals surface area contributed by atoms with Gasteiger partial charge in [-0.15, -0.1) is 0 Å². The highest BCUT2D eigenvalue weighted by atomic mass is 16.1. The van der Waals surface area contributed by atoms with Gasteiger partial charge in [0.05, 0.1) is 11.9 Å². The smallest absolute Gasteiger partial charge is 0.130 e. The van der Waals surface area contributed by atoms with Gasteiger partial charge in [-0.05, 0) is 12.5 Å². The van der Waals surface area contributed by atoms with Crippen LogP contribution in [0.1, 0.15) is 19.2 Å². The zero-order chi connectivity index (χ0) is 11.4. The monoisotopic (exact) mass is 214 g/mol. The molecule has 2 rings (SSSR count). The number of benzene rings is 1. The molecule has 1 heterocycles. The number of rotatable bonds is 4. The lowest BCUT2D eigenvalue weighted by molar-refractivity contribution is -0.117. The van der Waals surface area contributed by atoms with Gasteiger partial charge in [-0.1, -0.05) is 30.3 Å². The molecule has 3 heteroatoms. The highest BCUT2D eigenvalue weighted by Gasteiger charge is 2.03. The summed E-state index contributed by atoms with van der Waals surface area (Å²) in [6.45, 7) is 1.60. The molecule has 0 saturated heterocycles. The van der Waals surface area contributed by atoms with Crippen LogP contribution in [-0.2, 0) is 11.2 Å². The van der Waals surface area contributed by atoms with E-state index in [2.05, 4.69) is 9.97 Å². The Kier molecular flexibility index (Phi) is 3.15. The molecule has 1 aromatic heterocycles. The van der Waals surface area contributed by atoms with Crippen LogP contribution in [0.25, 0.3) is 11.3 Å². The summed E-state index contributed by atoms with van der Waals surface area (Å²) in [5.41, 5.74) is 2.11. The fourth-order valence-electron chi connectivity index (χ4n) is 1.55. The molecular weight excluding hydrogens is 200 g/mol. The summed E-state index contributed by atoms with van der Waals surface area (Å²) in [6.07, 6.45) is 3.04. The molecule has 0 aliphatic rings. The number of hydrogen-bond donors (Lipinski definition) is 1. The van der Waals surface area contributed by atoms with E-state index in [1.165, 1.54) is 0 Å². The van der Waals surface area contributed by atoms with E-state index >= 15 is 0 Å². The van der Waals surface area contributed by atoms with Gasteiger partial charge in [-0.2, -0.15) is 0 Å². The molecule has 0 spiro atoms. The summed E-state index contributed by atoms with van der Waals surface area (Å²) >= 11 is 0. The van der Waals surface area contributed by atoms with Gasteiger partial charge < -0.3 is 9.78 Å². The number of imidazole rings is 1. The van der Waals surface area contributed by atoms with Crippen LogP contribution in [0.5, 0.6) is 0 Å². The molecular formula is C13H14N2O. The van der Waals surface area contributed by atoms with Gasteiger partial charge in [0.15, 0.2) is 0 Å². The van der Waals surface area contributed by atoms with Crippen LogP contribution in [0, 0.1) is 0 Å². The van der Waals surface area contributed by atoms with Crippen molar-refractivity contribution in [1.82, 2.24) is 9.97 Å². The Morgan fingerprint density at radius 1 is 1.31 bits per heavy atom. The van der Waals surface area contributed by atoms with Gasteiger partial charge in [0.2, 0.25) is 0 Å². The van der Waals surface area contributed by atoms with Gasteiger partial charge in [0, 0.05) is 12.8 Å². The number of ketones is 1. The number of aromatic amines is 1. The second-order valence-corrected chi connectivity index (χ2v) is 3.81. The molecule has 0 aliphatic carbocycles. The number of nitrogens with one attached hydrogen (secondary N) is 1. The van der Waals surface area contributed by atoms with Gasteiger partial charge in [-0.3, -0.25) is 0 Å². The topological polar surface area (TPSA) is 45.8 Å². The molecule has 0 radical (unpaired) electrons. The predicted octanol–water partition coefficient (Wildman–Crippen LogP) is 2.60. The van der Waals surface area contributed by atoms with Gasteiger partial charge in [0.1, 0.15) is 11.6 Å². The molecule has 2 aromatic rings. The van der Waals surface area contributed by atoms with Gasteiger partial charge >= 0.3 is 0 Å². The first kappa shape index (κ1) is 10.6. The number of Topliss-reactive ketones (excluding diaryl/α,β-unsaturated/α-hetero) is 1. The predicted molar refractivity (Wildman–Crippen MR) is 63.0 cm³/mol. The lowest BCUT2D eigenvalue weighted by Gasteiger charge is -1.96. The Balaban J connectivity index is 2.11. The summed E-state index contributed by atoms with van der Waals surface area (Å²) < 4.78 is 0. The van der Waals surface area contributed by atoms with E-state index in [4.69, 9.17) is 0 Å². The Hall–Kier alpha value is -1.90. The maximum Gasteiger partial charge on any atom is 0.130 e. The van der Waals surface area contributed by atoms with E-state index in [-0.39, 0.29) is 5.78 Å². The van der Waals surface area contributed by atoms with Crippen molar-refractivity contribution in [1.29, 1.82) is 0 Å². The quantitative estimate of drug-likeness (QED) is 0.850. The summed E-state index contributed by atoms with van der Waals surface area (Å²) in [5, 5.41) is 0. The number of H-pyrrole nitrogens is 1. The Bertz CT molecular complexity index is 474. The number of aromatic nitrogens is 2. The van der Waals surface area contributed by atoms with Gasteiger partial charge in [-0.25, -0.2) is 4.98 Å². The first-order chi connectivity index (χ1) is 7.75. The molecule has 0 amide bonds. The zero-order valence-electron chi connectivity index (χ0n) is 9.23. The summed E-state index contributed by atoms with van der Waals surface area (Å²) in [6, 6.07) is 10.0. The highest BCUT2D eigenvalue weighted by molar-refractivity contribution is 5.75. The third-order valence-corrected chi connectivity index (χ3v) is 2.43. The zero-order valence-corrected chi connectivity index (χ0v) is 9.23. The summed E-state index contributed by atoms with van der Waals surface area (Å²) in [5.74, 6) is 1.06. The van der Waals surface area contributed by atoms with Crippen molar-refractivity contribution in [2.75, 3.05) is 0 Å². The molecule has 0 aliphatic heterocycles. The van der Waals surface area contributed by atoms with E-state index < -0.39 is 0 Å². The average Bonchev–Trinajstić information content (AvgIpc) is 2.76. The van der Waals surface area contributed by atoms with Crippen LogP contribution < -0.4 is 0 Å². The maximum atomic E-state index is 10.9. The van der Waals surface area contributed by atoms with Crippen LogP contribution >= 0.6 is 0 Å². The van der Waals surface area contributed by atoms with E-state index in [0.29, 0.717) is 12.8 Å². The lowest BCUT2D eigenvalue weighted by Crippen LogP contribution is -1.95. The standard InChI is InChI=1S/C13H14N2O/c1-10(16)7-8-13-14-9-12(15-13)11-5-3-2-4-6-11/h2-6,9H,7-8H2,1H3,(H,14,15). The second kappa shape index (κ2) is 4.75. The van der Waals surface area contributed by atoms with E-state index in [9.17, 15) is 4.79 Å². The van der Waals surface area contributed by atoms with Gasteiger partial charge in [0.25, 0.3) is 0 Å². The van der Waals surface area contributed by atoms with E-state index in [1.807, 2.05) is 36.5 Å². The fraction of sp³-hybridized carbons (Fsp3) is 0.231. The summed E-state index contributed by atoms with van der Waals surface area (Å²) in [7, 11) is 0. The third-order valence-electron chi connectivity index (χ3n) is 2.43. The van der Waals surface area contributed by atoms with Crippen molar-refractivity contribution < 1.29 is 4.79 Å². The Morgan fingerprint density at radius 3 is 2.75 bits per heavy atom. The molecule has 0 saturated carbocycles. The second-order valence-electron chi connectivity index (χ2n) is 3.81. The first-order valence-electron chi connectivity index (χ1n) is 5.34. The number of nitrogens with zero attached hydrogens (tertiary/aromatic N) is 1. The Morgan fingerprint density at radius 2 is 2.06 bits per heavy atom. The molecule has 1 aromatic carbocycles. The van der Waals surface area contributed by atoms with Crippen molar-refractivity contribution in [3.05, 3.63) is 42.4 Å². The number of aryl methyl sites for hydroxylation is 1. The summed E-state index contributed by atoms with van der Waals surface area (Å²) in [4.78, 5) is 18.3. The number of hydrogen-bond acceptors (Lipinski definition) is 2. The van der Waals surface area contributed by atoms with Crippen LogP contribution in [0.3, 0.4) is 0 Å². The SMILES string of the molecule is CC(=O)CCc1ncc(-c2ccccc2)[nH]1. The van der Waals surface area contributed by atoms with Crippen molar-refractivity contribution >= 4 is 5.78 Å². The molecule has 16 heavy (non-hydrogen) atoms. The van der Waals surface area contributed by atoms with Crippen LogP contribution in [0.4, 0.5) is 0 Å². The van der Waals surface area contributed by atoms with Crippen LogP contribution in [0.15, 0.2) is 36.5 Å². The first-order valence-corrected chi connectivity index (χ1v) is 5.34. The van der Waals surface area contributed by atoms with E-state index in [1.54, 1.807) is 6.92 Å². The van der Waals surface area contributed by atoms with Crippen molar-refractivity contribution in [2.24, 2.45) is 0 Å². The molecule has 3 nitrogen and oxygen atoms in total. The molecule has 0 fully saturated rings. The molecule has 0 atom stereocenters. The maximum absolute atomic E-state index is 10.9. The molecule has 82 valence electrons. The highest BCUT2D eigenvalue weighted by Crippen LogP contribution is 2.16. The Labute approximate surface area is 94.5 Å². The third kappa shape index (κ3) is 2.57. The minimum atomic E-state index is 0.192. The van der Waals surface area contributed by atoms with Crippen molar-refractivity contribution in [3.8, 4) is 11.3 Å².